The van der Waals surface area contributed by atoms with Crippen LogP contribution in [0.4, 0.5) is 0 Å². The second kappa shape index (κ2) is 5.09. The molecule has 0 saturated heterocycles. The molecule has 4 nitrogen and oxygen atoms in total. The molecule has 0 bridgehead atoms. The van der Waals surface area contributed by atoms with Crippen LogP contribution in [0.3, 0.4) is 0 Å². The summed E-state index contributed by atoms with van der Waals surface area (Å²) in [6, 6.07) is 11.2. The third kappa shape index (κ3) is 2.72. The Kier molecular flexibility index (Phi) is 3.28. The second-order valence-electron chi connectivity index (χ2n) is 4.85. The van der Waals surface area contributed by atoms with Crippen LogP contribution >= 0.6 is 11.3 Å². The van der Waals surface area contributed by atoms with Crippen molar-refractivity contribution < 1.29 is 9.59 Å². The number of primary amides is 1. The van der Waals surface area contributed by atoms with E-state index < -0.39 is 5.91 Å². The first kappa shape index (κ1) is 12.9. The molecule has 0 radical (unpaired) electrons. The normalized spacial score (nSPS) is 14.0. The first-order valence-corrected chi connectivity index (χ1v) is 7.26. The molecule has 0 aliphatic heterocycles. The molecule has 3 N–H and O–H groups in total. The largest absolute Gasteiger partial charge is 0.366 e. The fraction of sp³-hybridized carbons (Fsp3) is 0.200. The summed E-state index contributed by atoms with van der Waals surface area (Å²) >= 11 is 1.45. The molecule has 1 fully saturated rings. The number of thiophene rings is 1. The molecule has 102 valence electrons. The van der Waals surface area contributed by atoms with Crippen LogP contribution < -0.4 is 11.1 Å². The van der Waals surface area contributed by atoms with Gasteiger partial charge in [-0.05, 0) is 42.7 Å². The maximum absolute atomic E-state index is 11.9. The predicted octanol–water partition coefficient (Wildman–Crippen LogP) is 2.41. The van der Waals surface area contributed by atoms with Crippen LogP contribution in [0.25, 0.3) is 10.4 Å². The molecular weight excluding hydrogens is 272 g/mol. The Morgan fingerprint density at radius 1 is 1.10 bits per heavy atom. The Morgan fingerprint density at radius 3 is 2.40 bits per heavy atom. The third-order valence-corrected chi connectivity index (χ3v) is 4.33. The van der Waals surface area contributed by atoms with E-state index in [1.54, 1.807) is 12.1 Å². The Balaban J connectivity index is 1.78. The molecule has 3 rings (SSSR count). The monoisotopic (exact) mass is 286 g/mol. The first-order chi connectivity index (χ1) is 9.63. The lowest BCUT2D eigenvalue weighted by Crippen LogP contribution is -2.24. The minimum Gasteiger partial charge on any atom is -0.366 e. The van der Waals surface area contributed by atoms with Gasteiger partial charge in [0.2, 0.25) is 5.91 Å². The molecule has 5 heteroatoms. The molecule has 2 aromatic rings. The fourth-order valence-corrected chi connectivity index (χ4v) is 2.81. The summed E-state index contributed by atoms with van der Waals surface area (Å²) in [6.45, 7) is 0. The topological polar surface area (TPSA) is 72.2 Å². The van der Waals surface area contributed by atoms with Crippen molar-refractivity contribution in [2.75, 3.05) is 0 Å². The Morgan fingerprint density at radius 2 is 1.80 bits per heavy atom. The highest BCUT2D eigenvalue weighted by Gasteiger charge is 2.24. The van der Waals surface area contributed by atoms with Crippen molar-refractivity contribution in [3.05, 3.63) is 46.8 Å². The Labute approximate surface area is 120 Å². The van der Waals surface area contributed by atoms with E-state index in [9.17, 15) is 9.59 Å². The highest BCUT2D eigenvalue weighted by atomic mass is 32.1. The number of hydrogen-bond donors (Lipinski definition) is 2. The van der Waals surface area contributed by atoms with E-state index in [0.717, 1.165) is 23.3 Å². The number of rotatable bonds is 4. The molecule has 0 spiro atoms. The summed E-state index contributed by atoms with van der Waals surface area (Å²) in [6.07, 6.45) is 2.16. The fourth-order valence-electron chi connectivity index (χ4n) is 1.90. The molecule has 2 amide bonds. The molecule has 0 atom stereocenters. The van der Waals surface area contributed by atoms with Crippen molar-refractivity contribution in [2.24, 2.45) is 5.73 Å². The average Bonchev–Trinajstić information content (AvgIpc) is 3.11. The van der Waals surface area contributed by atoms with Crippen LogP contribution in [0.5, 0.6) is 0 Å². The van der Waals surface area contributed by atoms with Gasteiger partial charge in [0.15, 0.2) is 0 Å². The van der Waals surface area contributed by atoms with Gasteiger partial charge in [-0.1, -0.05) is 12.1 Å². The van der Waals surface area contributed by atoms with Gasteiger partial charge in [0.25, 0.3) is 5.91 Å². The van der Waals surface area contributed by atoms with Gasteiger partial charge < -0.3 is 11.1 Å². The lowest BCUT2D eigenvalue weighted by molar-refractivity contribution is 0.0953. The van der Waals surface area contributed by atoms with Crippen LogP contribution in [-0.2, 0) is 0 Å². The maximum atomic E-state index is 11.9. The zero-order chi connectivity index (χ0) is 14.1. The molecule has 0 unspecified atom stereocenters. The average molecular weight is 286 g/mol. The van der Waals surface area contributed by atoms with Gasteiger partial charge in [0, 0.05) is 16.5 Å². The SMILES string of the molecule is NC(=O)c1ccc(-c2ccc(C(=O)NC3CC3)s2)cc1. The lowest BCUT2D eigenvalue weighted by atomic mass is 10.1. The van der Waals surface area contributed by atoms with Crippen LogP contribution in [0.1, 0.15) is 32.9 Å². The van der Waals surface area contributed by atoms with Gasteiger partial charge in [-0.15, -0.1) is 11.3 Å². The van der Waals surface area contributed by atoms with E-state index >= 15 is 0 Å². The van der Waals surface area contributed by atoms with E-state index in [1.165, 1.54) is 11.3 Å². The number of amides is 2. The predicted molar refractivity (Wildman–Crippen MR) is 78.8 cm³/mol. The molecule has 1 aromatic carbocycles. The first-order valence-electron chi connectivity index (χ1n) is 6.44. The highest BCUT2D eigenvalue weighted by Crippen LogP contribution is 2.29. The minimum atomic E-state index is -0.438. The van der Waals surface area contributed by atoms with E-state index in [0.29, 0.717) is 16.5 Å². The summed E-state index contributed by atoms with van der Waals surface area (Å²) in [4.78, 5) is 24.7. The number of carbonyl (C=O) groups is 2. The van der Waals surface area contributed by atoms with Crippen LogP contribution in [-0.4, -0.2) is 17.9 Å². The van der Waals surface area contributed by atoms with Crippen LogP contribution in [0.15, 0.2) is 36.4 Å². The standard InChI is InChI=1S/C15H14N2O2S/c16-14(18)10-3-1-9(2-4-10)12-7-8-13(20-12)15(19)17-11-5-6-11/h1-4,7-8,11H,5-6H2,(H2,16,18)(H,17,19). The smallest absolute Gasteiger partial charge is 0.261 e. The molecule has 1 heterocycles. The second-order valence-corrected chi connectivity index (χ2v) is 5.94. The summed E-state index contributed by atoms with van der Waals surface area (Å²) < 4.78 is 0. The quantitative estimate of drug-likeness (QED) is 0.906. The number of nitrogens with one attached hydrogen (secondary N) is 1. The zero-order valence-electron chi connectivity index (χ0n) is 10.8. The molecular formula is C15H14N2O2S. The summed E-state index contributed by atoms with van der Waals surface area (Å²) in [5.41, 5.74) is 6.67. The van der Waals surface area contributed by atoms with Crippen molar-refractivity contribution in [2.45, 2.75) is 18.9 Å². The molecule has 20 heavy (non-hydrogen) atoms. The number of nitrogens with two attached hydrogens (primary N) is 1. The number of hydrogen-bond acceptors (Lipinski definition) is 3. The van der Waals surface area contributed by atoms with Crippen molar-refractivity contribution in [1.29, 1.82) is 0 Å². The zero-order valence-corrected chi connectivity index (χ0v) is 11.6. The number of benzene rings is 1. The van der Waals surface area contributed by atoms with Crippen LogP contribution in [0, 0.1) is 0 Å². The summed E-state index contributed by atoms with van der Waals surface area (Å²) in [7, 11) is 0. The van der Waals surface area contributed by atoms with Gasteiger partial charge in [0.05, 0.1) is 4.88 Å². The number of carbonyl (C=O) groups excluding carboxylic acids is 2. The molecule has 1 aliphatic rings. The third-order valence-electron chi connectivity index (χ3n) is 3.20. The minimum absolute atomic E-state index is 0.00231. The molecule has 1 aliphatic carbocycles. The van der Waals surface area contributed by atoms with Crippen molar-refractivity contribution in [1.82, 2.24) is 5.32 Å². The van der Waals surface area contributed by atoms with Gasteiger partial charge >= 0.3 is 0 Å². The van der Waals surface area contributed by atoms with E-state index in [4.69, 9.17) is 5.73 Å². The summed E-state index contributed by atoms with van der Waals surface area (Å²) in [5, 5.41) is 2.97. The van der Waals surface area contributed by atoms with Crippen LogP contribution in [0.2, 0.25) is 0 Å². The van der Waals surface area contributed by atoms with Crippen molar-refractivity contribution in [3.8, 4) is 10.4 Å². The van der Waals surface area contributed by atoms with E-state index in [1.807, 2.05) is 24.3 Å². The summed E-state index contributed by atoms with van der Waals surface area (Å²) in [5.74, 6) is -0.440. The molecule has 1 aromatic heterocycles. The van der Waals surface area contributed by atoms with Gasteiger partial charge in [-0.2, -0.15) is 0 Å². The van der Waals surface area contributed by atoms with E-state index in [-0.39, 0.29) is 5.91 Å². The lowest BCUT2D eigenvalue weighted by Gasteiger charge is -2.00. The maximum Gasteiger partial charge on any atom is 0.261 e. The Hall–Kier alpha value is -2.14. The van der Waals surface area contributed by atoms with Gasteiger partial charge in [-0.3, -0.25) is 9.59 Å². The highest BCUT2D eigenvalue weighted by molar-refractivity contribution is 7.17. The molecule has 1 saturated carbocycles. The van der Waals surface area contributed by atoms with Crippen molar-refractivity contribution >= 4 is 23.2 Å². The van der Waals surface area contributed by atoms with E-state index in [2.05, 4.69) is 5.32 Å². The Bertz CT molecular complexity index is 657. The van der Waals surface area contributed by atoms with Gasteiger partial charge in [-0.25, -0.2) is 0 Å². The van der Waals surface area contributed by atoms with Gasteiger partial charge in [0.1, 0.15) is 0 Å². The van der Waals surface area contributed by atoms with Crippen molar-refractivity contribution in [3.63, 3.8) is 0 Å².